The summed E-state index contributed by atoms with van der Waals surface area (Å²) in [6, 6.07) is 0.335. The van der Waals surface area contributed by atoms with Gasteiger partial charge in [-0.3, -0.25) is 4.90 Å². The molecule has 0 aromatic carbocycles. The lowest BCUT2D eigenvalue weighted by Crippen LogP contribution is -2.43. The normalized spacial score (nSPS) is 17.4. The molecule has 1 aliphatic rings. The van der Waals surface area contributed by atoms with E-state index in [2.05, 4.69) is 25.4 Å². The van der Waals surface area contributed by atoms with Crippen LogP contribution in [0.3, 0.4) is 0 Å². The molecule has 1 aromatic rings. The predicted molar refractivity (Wildman–Crippen MR) is 59.3 cm³/mol. The van der Waals surface area contributed by atoms with Crippen LogP contribution in [0, 0.1) is 6.92 Å². The average Bonchev–Trinajstić information content (AvgIpc) is 2.33. The van der Waals surface area contributed by atoms with Gasteiger partial charge in [-0.25, -0.2) is 0 Å². The highest BCUT2D eigenvalue weighted by molar-refractivity contribution is 5.10. The number of aryl methyl sites for hydroxylation is 1. The highest BCUT2D eigenvalue weighted by atomic mass is 16.5. The maximum absolute atomic E-state index is 4.93. The van der Waals surface area contributed by atoms with E-state index in [1.807, 2.05) is 6.92 Å². The molecule has 0 radical (unpaired) electrons. The quantitative estimate of drug-likeness (QED) is 0.752. The third-order valence-electron chi connectivity index (χ3n) is 2.70. The van der Waals surface area contributed by atoms with Crippen molar-refractivity contribution in [2.45, 2.75) is 13.5 Å². The standard InChI is InChI=1S/C10H17N5O/c1-8-9(13-14-10(12-8)16-2)7-15-5-3-11-4-6-15/h11H,3-7H2,1-2H3. The smallest absolute Gasteiger partial charge is 0.335 e. The first-order valence-corrected chi connectivity index (χ1v) is 5.47. The Balaban J connectivity index is 2.03. The summed E-state index contributed by atoms with van der Waals surface area (Å²) in [7, 11) is 1.55. The van der Waals surface area contributed by atoms with Crippen LogP contribution in [0.1, 0.15) is 11.4 Å². The van der Waals surface area contributed by atoms with E-state index in [0.29, 0.717) is 6.01 Å². The van der Waals surface area contributed by atoms with Gasteiger partial charge in [-0.1, -0.05) is 5.10 Å². The van der Waals surface area contributed by atoms with Crippen LogP contribution in [0.4, 0.5) is 0 Å². The van der Waals surface area contributed by atoms with Gasteiger partial charge in [0.25, 0.3) is 0 Å². The topological polar surface area (TPSA) is 63.2 Å². The number of ether oxygens (including phenoxy) is 1. The number of aromatic nitrogens is 3. The molecule has 2 heterocycles. The molecule has 6 heteroatoms. The molecule has 0 bridgehead atoms. The summed E-state index contributed by atoms with van der Waals surface area (Å²) in [4.78, 5) is 6.57. The number of rotatable bonds is 3. The van der Waals surface area contributed by atoms with Crippen molar-refractivity contribution in [3.8, 4) is 6.01 Å². The molecule has 0 spiro atoms. The summed E-state index contributed by atoms with van der Waals surface area (Å²) >= 11 is 0. The van der Waals surface area contributed by atoms with Crippen molar-refractivity contribution < 1.29 is 4.74 Å². The first-order valence-electron chi connectivity index (χ1n) is 5.47. The van der Waals surface area contributed by atoms with Gasteiger partial charge in [-0.2, -0.15) is 4.98 Å². The van der Waals surface area contributed by atoms with E-state index in [1.165, 1.54) is 0 Å². The molecule has 1 saturated heterocycles. The molecule has 1 N–H and O–H groups in total. The Morgan fingerprint density at radius 1 is 1.31 bits per heavy atom. The largest absolute Gasteiger partial charge is 0.466 e. The molecule has 16 heavy (non-hydrogen) atoms. The summed E-state index contributed by atoms with van der Waals surface area (Å²) in [5, 5.41) is 11.4. The van der Waals surface area contributed by atoms with Crippen molar-refractivity contribution in [1.29, 1.82) is 0 Å². The van der Waals surface area contributed by atoms with Crippen LogP contribution in [0.25, 0.3) is 0 Å². The van der Waals surface area contributed by atoms with Crippen LogP contribution in [-0.2, 0) is 6.54 Å². The number of methoxy groups -OCH3 is 1. The fraction of sp³-hybridized carbons (Fsp3) is 0.700. The predicted octanol–water partition coefficient (Wildman–Crippen LogP) is -0.406. The molecule has 0 atom stereocenters. The zero-order chi connectivity index (χ0) is 11.4. The second kappa shape index (κ2) is 5.18. The Labute approximate surface area is 95.0 Å². The average molecular weight is 223 g/mol. The van der Waals surface area contributed by atoms with Crippen LogP contribution in [0.15, 0.2) is 0 Å². The van der Waals surface area contributed by atoms with Crippen LogP contribution < -0.4 is 10.1 Å². The van der Waals surface area contributed by atoms with Crippen molar-refractivity contribution >= 4 is 0 Å². The highest BCUT2D eigenvalue weighted by Gasteiger charge is 2.13. The van der Waals surface area contributed by atoms with Gasteiger partial charge < -0.3 is 10.1 Å². The molecule has 1 fully saturated rings. The van der Waals surface area contributed by atoms with E-state index < -0.39 is 0 Å². The maximum Gasteiger partial charge on any atom is 0.335 e. The number of hydrogen-bond acceptors (Lipinski definition) is 6. The molecule has 0 unspecified atom stereocenters. The molecule has 0 aliphatic carbocycles. The molecular weight excluding hydrogens is 206 g/mol. The fourth-order valence-corrected chi connectivity index (χ4v) is 1.72. The molecular formula is C10H17N5O. The minimum absolute atomic E-state index is 0.335. The Morgan fingerprint density at radius 2 is 2.06 bits per heavy atom. The van der Waals surface area contributed by atoms with E-state index in [0.717, 1.165) is 44.1 Å². The second-order valence-electron chi connectivity index (χ2n) is 3.86. The van der Waals surface area contributed by atoms with Gasteiger partial charge in [0, 0.05) is 32.7 Å². The summed E-state index contributed by atoms with van der Waals surface area (Å²) in [5.41, 5.74) is 1.83. The SMILES string of the molecule is COc1nnc(CN2CCNCC2)c(C)n1. The Morgan fingerprint density at radius 3 is 2.69 bits per heavy atom. The molecule has 0 saturated carbocycles. The van der Waals surface area contributed by atoms with Crippen LogP contribution >= 0.6 is 0 Å². The second-order valence-corrected chi connectivity index (χ2v) is 3.86. The van der Waals surface area contributed by atoms with Gasteiger partial charge in [0.2, 0.25) is 0 Å². The molecule has 0 amide bonds. The zero-order valence-corrected chi connectivity index (χ0v) is 9.73. The number of hydrogen-bond donors (Lipinski definition) is 1. The van der Waals surface area contributed by atoms with E-state index in [4.69, 9.17) is 4.74 Å². The van der Waals surface area contributed by atoms with Crippen LogP contribution in [0.2, 0.25) is 0 Å². The first-order chi connectivity index (χ1) is 7.79. The first kappa shape index (κ1) is 11.2. The summed E-state index contributed by atoms with van der Waals surface area (Å²) in [6.45, 7) is 6.93. The minimum atomic E-state index is 0.335. The molecule has 1 aliphatic heterocycles. The van der Waals surface area contributed by atoms with Gasteiger partial charge in [-0.15, -0.1) is 5.10 Å². The lowest BCUT2D eigenvalue weighted by molar-refractivity contribution is 0.228. The third-order valence-corrected chi connectivity index (χ3v) is 2.70. The van der Waals surface area contributed by atoms with E-state index in [-0.39, 0.29) is 0 Å². The van der Waals surface area contributed by atoms with Crippen LogP contribution in [-0.4, -0.2) is 53.4 Å². The van der Waals surface area contributed by atoms with Crippen molar-refractivity contribution in [3.05, 3.63) is 11.4 Å². The fourth-order valence-electron chi connectivity index (χ4n) is 1.72. The van der Waals surface area contributed by atoms with E-state index in [1.54, 1.807) is 7.11 Å². The van der Waals surface area contributed by atoms with Gasteiger partial charge in [0.05, 0.1) is 18.5 Å². The molecule has 2 rings (SSSR count). The molecule has 88 valence electrons. The molecule has 1 aromatic heterocycles. The molecule has 6 nitrogen and oxygen atoms in total. The number of nitrogens with one attached hydrogen (secondary N) is 1. The summed E-state index contributed by atoms with van der Waals surface area (Å²) in [6.07, 6.45) is 0. The monoisotopic (exact) mass is 223 g/mol. The van der Waals surface area contributed by atoms with Gasteiger partial charge in [0.15, 0.2) is 0 Å². The minimum Gasteiger partial charge on any atom is -0.466 e. The Kier molecular flexibility index (Phi) is 3.63. The zero-order valence-electron chi connectivity index (χ0n) is 9.73. The van der Waals surface area contributed by atoms with Crippen molar-refractivity contribution in [1.82, 2.24) is 25.4 Å². The summed E-state index contributed by atoms with van der Waals surface area (Å²) < 4.78 is 4.93. The van der Waals surface area contributed by atoms with Gasteiger partial charge in [0.1, 0.15) is 0 Å². The van der Waals surface area contributed by atoms with E-state index >= 15 is 0 Å². The van der Waals surface area contributed by atoms with Crippen molar-refractivity contribution in [2.75, 3.05) is 33.3 Å². The lowest BCUT2D eigenvalue weighted by atomic mass is 10.3. The van der Waals surface area contributed by atoms with Crippen LogP contribution in [0.5, 0.6) is 6.01 Å². The Hall–Kier alpha value is -1.27. The van der Waals surface area contributed by atoms with E-state index in [9.17, 15) is 0 Å². The number of nitrogens with zero attached hydrogens (tertiary/aromatic N) is 4. The van der Waals surface area contributed by atoms with Gasteiger partial charge in [-0.05, 0) is 6.92 Å². The highest BCUT2D eigenvalue weighted by Crippen LogP contribution is 2.08. The lowest BCUT2D eigenvalue weighted by Gasteiger charge is -2.26. The van der Waals surface area contributed by atoms with Gasteiger partial charge >= 0.3 is 6.01 Å². The third kappa shape index (κ3) is 2.65. The van der Waals surface area contributed by atoms with Crippen molar-refractivity contribution in [3.63, 3.8) is 0 Å². The Bertz CT molecular complexity index is 351. The number of piperazine rings is 1. The van der Waals surface area contributed by atoms with Crippen molar-refractivity contribution in [2.24, 2.45) is 0 Å². The maximum atomic E-state index is 4.93. The summed E-state index contributed by atoms with van der Waals surface area (Å²) in [5.74, 6) is 0.